The summed E-state index contributed by atoms with van der Waals surface area (Å²) in [5.41, 5.74) is 1.33. The Labute approximate surface area is 109 Å². The maximum atomic E-state index is 12.1. The summed E-state index contributed by atoms with van der Waals surface area (Å²) in [6.45, 7) is -0.117. The molecule has 0 saturated heterocycles. The maximum absolute atomic E-state index is 12.1. The van der Waals surface area contributed by atoms with Gasteiger partial charge in [-0.3, -0.25) is 0 Å². The Bertz CT molecular complexity index is 452. The molecular weight excluding hydrogens is 259 g/mol. The summed E-state index contributed by atoms with van der Waals surface area (Å²) in [6, 6.07) is 6.60. The van der Waals surface area contributed by atoms with Gasteiger partial charge in [0.2, 0.25) is 0 Å². The second-order valence-corrected chi connectivity index (χ2v) is 4.05. The van der Waals surface area contributed by atoms with Gasteiger partial charge in [-0.25, -0.2) is 4.79 Å². The zero-order chi connectivity index (χ0) is 14.5. The van der Waals surface area contributed by atoms with Crippen LogP contribution in [-0.2, 0) is 4.79 Å². The number of anilines is 1. The van der Waals surface area contributed by atoms with Crippen molar-refractivity contribution >= 4 is 17.7 Å². The fraction of sp³-hybridized carbons (Fsp3) is 0.308. The third kappa shape index (κ3) is 5.94. The summed E-state index contributed by atoms with van der Waals surface area (Å²) in [7, 11) is 1.58. The first kappa shape index (κ1) is 15.1. The number of hydrogen-bond acceptors (Lipinski definition) is 2. The van der Waals surface area contributed by atoms with Crippen LogP contribution in [0.3, 0.4) is 0 Å². The second-order valence-electron chi connectivity index (χ2n) is 4.05. The van der Waals surface area contributed by atoms with Gasteiger partial charge in [0, 0.05) is 25.4 Å². The number of aliphatic carboxylic acids is 1. The van der Waals surface area contributed by atoms with E-state index < -0.39 is 18.6 Å². The molecule has 0 fully saturated rings. The van der Waals surface area contributed by atoms with Gasteiger partial charge in [-0.15, -0.1) is 0 Å². The van der Waals surface area contributed by atoms with Crippen LogP contribution in [0.1, 0.15) is 12.0 Å². The molecule has 19 heavy (non-hydrogen) atoms. The van der Waals surface area contributed by atoms with E-state index in [0.29, 0.717) is 11.3 Å². The second kappa shape index (κ2) is 6.26. The van der Waals surface area contributed by atoms with Crippen molar-refractivity contribution in [2.75, 3.05) is 18.5 Å². The molecule has 0 aromatic heterocycles. The van der Waals surface area contributed by atoms with Crippen molar-refractivity contribution in [1.82, 2.24) is 0 Å². The van der Waals surface area contributed by atoms with Gasteiger partial charge >= 0.3 is 12.1 Å². The van der Waals surface area contributed by atoms with Gasteiger partial charge in [-0.05, 0) is 23.8 Å². The minimum Gasteiger partial charge on any atom is -0.478 e. The summed E-state index contributed by atoms with van der Waals surface area (Å²) in [5, 5.41) is 8.46. The Morgan fingerprint density at radius 3 is 2.37 bits per heavy atom. The topological polar surface area (TPSA) is 40.5 Å². The van der Waals surface area contributed by atoms with Gasteiger partial charge in [0.15, 0.2) is 0 Å². The lowest BCUT2D eigenvalue weighted by molar-refractivity contribution is -0.132. The third-order valence-corrected chi connectivity index (χ3v) is 2.48. The molecule has 0 radical (unpaired) electrons. The molecule has 0 heterocycles. The van der Waals surface area contributed by atoms with Crippen molar-refractivity contribution in [2.45, 2.75) is 12.6 Å². The van der Waals surface area contributed by atoms with Gasteiger partial charge in [0.25, 0.3) is 0 Å². The normalized spacial score (nSPS) is 11.8. The van der Waals surface area contributed by atoms with Crippen LogP contribution in [0.2, 0.25) is 0 Å². The van der Waals surface area contributed by atoms with Crippen LogP contribution >= 0.6 is 0 Å². The van der Waals surface area contributed by atoms with E-state index in [2.05, 4.69) is 0 Å². The fourth-order valence-corrected chi connectivity index (χ4v) is 1.43. The lowest BCUT2D eigenvalue weighted by Crippen LogP contribution is -2.23. The quantitative estimate of drug-likeness (QED) is 0.838. The van der Waals surface area contributed by atoms with Crippen molar-refractivity contribution in [3.8, 4) is 0 Å². The number of halogens is 3. The summed E-state index contributed by atoms with van der Waals surface area (Å²) in [4.78, 5) is 11.8. The van der Waals surface area contributed by atoms with Crippen LogP contribution < -0.4 is 4.90 Å². The minimum atomic E-state index is -4.17. The molecule has 6 heteroatoms. The average molecular weight is 273 g/mol. The molecule has 1 N–H and O–H groups in total. The van der Waals surface area contributed by atoms with Crippen LogP contribution in [0.4, 0.5) is 18.9 Å². The fourth-order valence-electron chi connectivity index (χ4n) is 1.43. The van der Waals surface area contributed by atoms with Gasteiger partial charge in [-0.2, -0.15) is 13.2 Å². The molecule has 0 atom stereocenters. The van der Waals surface area contributed by atoms with Gasteiger partial charge in [-0.1, -0.05) is 12.1 Å². The Morgan fingerprint density at radius 1 is 1.32 bits per heavy atom. The van der Waals surface area contributed by atoms with E-state index >= 15 is 0 Å². The van der Waals surface area contributed by atoms with Crippen LogP contribution in [0.15, 0.2) is 30.3 Å². The summed E-state index contributed by atoms with van der Waals surface area (Å²) in [5.74, 6) is -1.05. The minimum absolute atomic E-state index is 0.117. The molecule has 0 aliphatic rings. The zero-order valence-electron chi connectivity index (χ0n) is 10.3. The van der Waals surface area contributed by atoms with E-state index in [1.807, 2.05) is 0 Å². The lowest BCUT2D eigenvalue weighted by Gasteiger charge is -2.20. The number of carboxylic acids is 1. The highest BCUT2D eigenvalue weighted by Gasteiger charge is 2.27. The number of nitrogens with zero attached hydrogens (tertiary/aromatic N) is 1. The van der Waals surface area contributed by atoms with E-state index in [9.17, 15) is 18.0 Å². The first-order valence-corrected chi connectivity index (χ1v) is 5.57. The summed E-state index contributed by atoms with van der Waals surface area (Å²) in [6.07, 6.45) is -2.62. The standard InChI is InChI=1S/C13H14F3NO2/c1-17(9-8-13(14,15)16)11-5-2-10(3-6-11)4-7-12(18)19/h2-7H,8-9H2,1H3,(H,18,19). The van der Waals surface area contributed by atoms with Crippen molar-refractivity contribution in [2.24, 2.45) is 0 Å². The summed E-state index contributed by atoms with van der Waals surface area (Å²) < 4.78 is 36.2. The lowest BCUT2D eigenvalue weighted by atomic mass is 10.2. The molecule has 0 saturated carbocycles. The molecule has 1 aromatic rings. The average Bonchev–Trinajstić information content (AvgIpc) is 2.33. The Kier molecular flexibility index (Phi) is 4.97. The molecule has 1 aromatic carbocycles. The summed E-state index contributed by atoms with van der Waals surface area (Å²) >= 11 is 0. The number of carboxylic acid groups (broad SMARTS) is 1. The number of rotatable bonds is 5. The third-order valence-electron chi connectivity index (χ3n) is 2.48. The van der Waals surface area contributed by atoms with Crippen molar-refractivity contribution in [3.05, 3.63) is 35.9 Å². The van der Waals surface area contributed by atoms with Gasteiger partial charge in [0.05, 0.1) is 6.42 Å². The largest absolute Gasteiger partial charge is 0.478 e. The molecule has 0 amide bonds. The molecular formula is C13H14F3NO2. The SMILES string of the molecule is CN(CCC(F)(F)F)c1ccc(C=CC(=O)O)cc1. The Morgan fingerprint density at radius 2 is 1.89 bits per heavy atom. The maximum Gasteiger partial charge on any atom is 0.390 e. The molecule has 0 unspecified atom stereocenters. The van der Waals surface area contributed by atoms with E-state index in [4.69, 9.17) is 5.11 Å². The van der Waals surface area contributed by atoms with Crippen molar-refractivity contribution < 1.29 is 23.1 Å². The molecule has 0 spiro atoms. The zero-order valence-corrected chi connectivity index (χ0v) is 10.3. The predicted octanol–water partition coefficient (Wildman–Crippen LogP) is 3.17. The molecule has 104 valence electrons. The Balaban J connectivity index is 2.63. The molecule has 0 aliphatic carbocycles. The van der Waals surface area contributed by atoms with E-state index in [0.717, 1.165) is 6.08 Å². The highest BCUT2D eigenvalue weighted by Crippen LogP contribution is 2.22. The molecule has 1 rings (SSSR count). The number of hydrogen-bond donors (Lipinski definition) is 1. The van der Waals surface area contributed by atoms with E-state index in [-0.39, 0.29) is 6.54 Å². The van der Waals surface area contributed by atoms with Gasteiger partial charge < -0.3 is 10.0 Å². The van der Waals surface area contributed by atoms with Crippen molar-refractivity contribution in [3.63, 3.8) is 0 Å². The van der Waals surface area contributed by atoms with E-state index in [1.165, 1.54) is 11.0 Å². The highest BCUT2D eigenvalue weighted by atomic mass is 19.4. The monoisotopic (exact) mass is 273 g/mol. The first-order chi connectivity index (χ1) is 8.78. The smallest absolute Gasteiger partial charge is 0.390 e. The molecule has 3 nitrogen and oxygen atoms in total. The number of alkyl halides is 3. The van der Waals surface area contributed by atoms with E-state index in [1.54, 1.807) is 31.3 Å². The first-order valence-electron chi connectivity index (χ1n) is 5.57. The van der Waals surface area contributed by atoms with Crippen molar-refractivity contribution in [1.29, 1.82) is 0 Å². The molecule has 0 aliphatic heterocycles. The predicted molar refractivity (Wildman–Crippen MR) is 67.1 cm³/mol. The van der Waals surface area contributed by atoms with Crippen LogP contribution in [-0.4, -0.2) is 30.8 Å². The van der Waals surface area contributed by atoms with Crippen LogP contribution in [0.25, 0.3) is 6.08 Å². The van der Waals surface area contributed by atoms with Crippen LogP contribution in [0, 0.1) is 0 Å². The number of benzene rings is 1. The number of carbonyl (C=O) groups is 1. The molecule has 0 bridgehead atoms. The highest BCUT2D eigenvalue weighted by molar-refractivity contribution is 5.85. The van der Waals surface area contributed by atoms with Gasteiger partial charge in [0.1, 0.15) is 0 Å². The van der Waals surface area contributed by atoms with Crippen LogP contribution in [0.5, 0.6) is 0 Å². The Hall–Kier alpha value is -1.98.